The molecule has 0 amide bonds. The van der Waals surface area contributed by atoms with Gasteiger partial charge in [-0.15, -0.1) is 0 Å². The second kappa shape index (κ2) is 8.37. The van der Waals surface area contributed by atoms with Crippen molar-refractivity contribution < 1.29 is 9.18 Å². The number of nitrogens with zero attached hydrogens (tertiary/aromatic N) is 1. The molecule has 146 valence electrons. The number of hydrogen-bond acceptors (Lipinski definition) is 4. The van der Waals surface area contributed by atoms with Crippen LogP contribution in [0.25, 0.3) is 10.2 Å². The summed E-state index contributed by atoms with van der Waals surface area (Å²) >= 11 is 1.14. The second-order valence-corrected chi connectivity index (χ2v) is 8.53. The molecule has 6 heteroatoms. The first-order chi connectivity index (χ1) is 13.6. The predicted molar refractivity (Wildman–Crippen MR) is 111 cm³/mol. The van der Waals surface area contributed by atoms with Crippen LogP contribution in [0, 0.1) is 11.7 Å². The van der Waals surface area contributed by atoms with Gasteiger partial charge < -0.3 is 9.88 Å². The number of piperidine rings is 1. The Labute approximate surface area is 167 Å². The van der Waals surface area contributed by atoms with E-state index in [-0.39, 0.29) is 16.5 Å². The summed E-state index contributed by atoms with van der Waals surface area (Å²) in [5, 5.41) is 0. The van der Waals surface area contributed by atoms with E-state index in [9.17, 15) is 14.0 Å². The van der Waals surface area contributed by atoms with Gasteiger partial charge in [0.15, 0.2) is 5.78 Å². The highest BCUT2D eigenvalue weighted by Gasteiger charge is 2.20. The Bertz CT molecular complexity index is 1020. The minimum atomic E-state index is -0.187. The van der Waals surface area contributed by atoms with Gasteiger partial charge in [0, 0.05) is 18.5 Å². The molecule has 1 aliphatic rings. The van der Waals surface area contributed by atoms with Crippen LogP contribution in [-0.2, 0) is 6.42 Å². The number of fused-ring (bicyclic) bond motifs is 1. The van der Waals surface area contributed by atoms with Crippen molar-refractivity contribution in [3.8, 4) is 0 Å². The Morgan fingerprint density at radius 2 is 1.89 bits per heavy atom. The number of thiazole rings is 1. The summed E-state index contributed by atoms with van der Waals surface area (Å²) in [5.41, 5.74) is 2.65. The third-order valence-corrected chi connectivity index (χ3v) is 6.39. The highest BCUT2D eigenvalue weighted by atomic mass is 32.1. The number of rotatable bonds is 6. The van der Waals surface area contributed by atoms with E-state index in [1.165, 1.54) is 17.7 Å². The lowest BCUT2D eigenvalue weighted by Gasteiger charge is -2.31. The molecule has 3 aromatic rings. The summed E-state index contributed by atoms with van der Waals surface area (Å²) in [6, 6.07) is 12.2. The van der Waals surface area contributed by atoms with Crippen molar-refractivity contribution in [1.29, 1.82) is 0 Å². The van der Waals surface area contributed by atoms with Crippen LogP contribution in [0.3, 0.4) is 0 Å². The largest absolute Gasteiger partial charge is 0.312 e. The maximum atomic E-state index is 13.0. The summed E-state index contributed by atoms with van der Waals surface area (Å²) in [4.78, 5) is 29.0. The molecule has 1 saturated heterocycles. The number of benzene rings is 2. The molecule has 0 spiro atoms. The number of nitrogens with one attached hydrogen (secondary N) is 1. The van der Waals surface area contributed by atoms with Gasteiger partial charge in [-0.2, -0.15) is 0 Å². The van der Waals surface area contributed by atoms with Gasteiger partial charge in [-0.05, 0) is 74.2 Å². The number of halogens is 1. The molecule has 2 heterocycles. The van der Waals surface area contributed by atoms with E-state index < -0.39 is 0 Å². The summed E-state index contributed by atoms with van der Waals surface area (Å²) in [7, 11) is 0. The number of ketones is 1. The Hall–Kier alpha value is -2.31. The summed E-state index contributed by atoms with van der Waals surface area (Å²) < 4.78 is 13.8. The Kier molecular flexibility index (Phi) is 5.69. The standard InChI is InChI=1S/C22H23FN2O2S/c23-18-4-1-15(2-5-18)13-16-7-10-25(11-8-16)12-9-20(26)17-3-6-19-21(14-17)28-22(27)24-19/h1-6,14,16H,7-13H2,(H,24,27). The summed E-state index contributed by atoms with van der Waals surface area (Å²) in [6.07, 6.45) is 3.70. The number of Topliss-reactive ketones (excluding diaryl/α,β-unsaturated/α-hetero) is 1. The van der Waals surface area contributed by atoms with Gasteiger partial charge >= 0.3 is 4.87 Å². The first kappa shape index (κ1) is 19.0. The number of carbonyl (C=O) groups is 1. The van der Waals surface area contributed by atoms with Crippen molar-refractivity contribution in [3.05, 3.63) is 69.1 Å². The molecule has 0 atom stereocenters. The third-order valence-electron chi connectivity index (χ3n) is 5.54. The zero-order chi connectivity index (χ0) is 19.5. The van der Waals surface area contributed by atoms with Gasteiger partial charge in [-0.1, -0.05) is 23.5 Å². The van der Waals surface area contributed by atoms with Crippen molar-refractivity contribution in [3.63, 3.8) is 0 Å². The van der Waals surface area contributed by atoms with E-state index in [2.05, 4.69) is 9.88 Å². The van der Waals surface area contributed by atoms with Crippen molar-refractivity contribution in [1.82, 2.24) is 9.88 Å². The van der Waals surface area contributed by atoms with E-state index in [4.69, 9.17) is 0 Å². The number of likely N-dealkylation sites (tertiary alicyclic amines) is 1. The minimum absolute atomic E-state index is 0.0943. The van der Waals surface area contributed by atoms with Gasteiger partial charge in [0.1, 0.15) is 5.82 Å². The van der Waals surface area contributed by atoms with Crippen LogP contribution in [0.1, 0.15) is 35.2 Å². The zero-order valence-corrected chi connectivity index (χ0v) is 16.4. The molecular formula is C22H23FN2O2S. The van der Waals surface area contributed by atoms with Gasteiger partial charge in [-0.25, -0.2) is 4.39 Å². The van der Waals surface area contributed by atoms with E-state index >= 15 is 0 Å². The number of aromatic nitrogens is 1. The van der Waals surface area contributed by atoms with E-state index in [0.717, 1.165) is 60.5 Å². The first-order valence-corrected chi connectivity index (χ1v) is 10.5. The Balaban J connectivity index is 1.25. The molecule has 0 unspecified atom stereocenters. The van der Waals surface area contributed by atoms with E-state index in [1.54, 1.807) is 12.1 Å². The minimum Gasteiger partial charge on any atom is -0.312 e. The molecule has 4 rings (SSSR count). The van der Waals surface area contributed by atoms with E-state index in [0.29, 0.717) is 17.9 Å². The lowest BCUT2D eigenvalue weighted by atomic mass is 9.90. The molecule has 1 aromatic heterocycles. The Morgan fingerprint density at radius 1 is 1.14 bits per heavy atom. The van der Waals surface area contributed by atoms with Gasteiger partial charge in [0.25, 0.3) is 0 Å². The quantitative estimate of drug-likeness (QED) is 0.632. The van der Waals surface area contributed by atoms with Gasteiger partial charge in [-0.3, -0.25) is 9.59 Å². The smallest absolute Gasteiger partial charge is 0.305 e. The number of aromatic amines is 1. The number of carbonyl (C=O) groups excluding carboxylic acids is 1. The monoisotopic (exact) mass is 398 g/mol. The van der Waals surface area contributed by atoms with Crippen molar-refractivity contribution in [2.24, 2.45) is 5.92 Å². The topological polar surface area (TPSA) is 53.2 Å². The molecule has 28 heavy (non-hydrogen) atoms. The first-order valence-electron chi connectivity index (χ1n) is 9.70. The third kappa shape index (κ3) is 4.56. The summed E-state index contributed by atoms with van der Waals surface area (Å²) in [5.74, 6) is 0.556. The average molecular weight is 399 g/mol. The summed E-state index contributed by atoms with van der Waals surface area (Å²) in [6.45, 7) is 2.76. The molecule has 0 radical (unpaired) electrons. The molecule has 1 aliphatic heterocycles. The normalized spacial score (nSPS) is 15.9. The molecule has 0 bridgehead atoms. The van der Waals surface area contributed by atoms with Crippen LogP contribution in [0.2, 0.25) is 0 Å². The predicted octanol–water partition coefficient (Wildman–Crippen LogP) is 4.26. The molecule has 0 aliphatic carbocycles. The molecule has 1 N–H and O–H groups in total. The van der Waals surface area contributed by atoms with Crippen molar-refractivity contribution in [2.75, 3.05) is 19.6 Å². The molecule has 2 aromatic carbocycles. The highest BCUT2D eigenvalue weighted by molar-refractivity contribution is 7.16. The van der Waals surface area contributed by atoms with Crippen LogP contribution >= 0.6 is 11.3 Å². The van der Waals surface area contributed by atoms with E-state index in [1.807, 2.05) is 18.2 Å². The maximum absolute atomic E-state index is 13.0. The number of H-pyrrole nitrogens is 1. The maximum Gasteiger partial charge on any atom is 0.305 e. The molecule has 4 nitrogen and oxygen atoms in total. The fourth-order valence-corrected chi connectivity index (χ4v) is 4.67. The lowest BCUT2D eigenvalue weighted by Crippen LogP contribution is -2.35. The average Bonchev–Trinajstić information content (AvgIpc) is 3.08. The highest BCUT2D eigenvalue weighted by Crippen LogP contribution is 2.23. The van der Waals surface area contributed by atoms with Crippen LogP contribution < -0.4 is 4.87 Å². The van der Waals surface area contributed by atoms with Crippen molar-refractivity contribution >= 4 is 27.3 Å². The molecule has 0 saturated carbocycles. The van der Waals surface area contributed by atoms with Crippen LogP contribution in [0.5, 0.6) is 0 Å². The molecular weight excluding hydrogens is 375 g/mol. The molecule has 1 fully saturated rings. The Morgan fingerprint density at radius 3 is 2.64 bits per heavy atom. The zero-order valence-electron chi connectivity index (χ0n) is 15.6. The van der Waals surface area contributed by atoms with Crippen LogP contribution in [0.15, 0.2) is 47.3 Å². The fourth-order valence-electron chi connectivity index (χ4n) is 3.89. The SMILES string of the molecule is O=C(CCN1CCC(Cc2ccc(F)cc2)CC1)c1ccc2[nH]c(=O)sc2c1. The van der Waals surface area contributed by atoms with Crippen molar-refractivity contribution in [2.45, 2.75) is 25.7 Å². The van der Waals surface area contributed by atoms with Gasteiger partial charge in [0.05, 0.1) is 10.2 Å². The second-order valence-electron chi connectivity index (χ2n) is 7.51. The van der Waals surface area contributed by atoms with Crippen LogP contribution in [0.4, 0.5) is 4.39 Å². The van der Waals surface area contributed by atoms with Gasteiger partial charge in [0.2, 0.25) is 0 Å². The number of hydrogen-bond donors (Lipinski definition) is 1. The van der Waals surface area contributed by atoms with Crippen LogP contribution in [-0.4, -0.2) is 35.3 Å². The lowest BCUT2D eigenvalue weighted by molar-refractivity contribution is 0.0951. The fraction of sp³-hybridized carbons (Fsp3) is 0.364.